The van der Waals surface area contributed by atoms with E-state index in [-0.39, 0.29) is 18.6 Å². The van der Waals surface area contributed by atoms with Gasteiger partial charge in [0, 0.05) is 18.8 Å². The van der Waals surface area contributed by atoms with Gasteiger partial charge >= 0.3 is 0 Å². The van der Waals surface area contributed by atoms with Gasteiger partial charge in [0.25, 0.3) is 5.91 Å². The Bertz CT molecular complexity index is 704. The van der Waals surface area contributed by atoms with E-state index in [0.29, 0.717) is 24.1 Å². The molecule has 0 radical (unpaired) electrons. The van der Waals surface area contributed by atoms with Crippen molar-refractivity contribution in [2.24, 2.45) is 0 Å². The monoisotopic (exact) mass is 355 g/mol. The first-order valence-electron chi connectivity index (χ1n) is 9.06. The summed E-state index contributed by atoms with van der Waals surface area (Å²) in [4.78, 5) is 14.3. The molecule has 1 aromatic carbocycles. The van der Waals surface area contributed by atoms with Crippen molar-refractivity contribution < 1.29 is 14.3 Å². The third-order valence-electron chi connectivity index (χ3n) is 4.48. The fourth-order valence-corrected chi connectivity index (χ4v) is 2.97. The number of nitrogens with zero attached hydrogens (tertiary/aromatic N) is 3. The Kier molecular flexibility index (Phi) is 6.04. The largest absolute Gasteiger partial charge is 0.484 e. The molecule has 2 heterocycles. The lowest BCUT2D eigenvalue weighted by molar-refractivity contribution is -0.136. The summed E-state index contributed by atoms with van der Waals surface area (Å²) < 4.78 is 11.5. The van der Waals surface area contributed by atoms with Gasteiger partial charge < -0.3 is 14.4 Å². The first-order valence-corrected chi connectivity index (χ1v) is 9.06. The van der Waals surface area contributed by atoms with Gasteiger partial charge in [-0.25, -0.2) is 0 Å². The van der Waals surface area contributed by atoms with E-state index < -0.39 is 0 Å². The SMILES string of the molecule is CC(C)c1ccc(OCC(=O)N2CCCC(Oc3cccnn3)C2)cc1. The number of aromatic nitrogens is 2. The van der Waals surface area contributed by atoms with E-state index in [9.17, 15) is 4.79 Å². The molecule has 0 saturated carbocycles. The van der Waals surface area contributed by atoms with Crippen LogP contribution in [0.4, 0.5) is 0 Å². The van der Waals surface area contributed by atoms with Gasteiger partial charge in [-0.1, -0.05) is 26.0 Å². The van der Waals surface area contributed by atoms with Crippen LogP contribution in [0.15, 0.2) is 42.6 Å². The highest BCUT2D eigenvalue weighted by Crippen LogP contribution is 2.19. The number of carbonyl (C=O) groups excluding carboxylic acids is 1. The quantitative estimate of drug-likeness (QED) is 0.797. The minimum absolute atomic E-state index is 0.0228. The van der Waals surface area contributed by atoms with Crippen LogP contribution in [0.3, 0.4) is 0 Å². The Hall–Kier alpha value is -2.63. The molecule has 1 aliphatic rings. The molecule has 1 aliphatic heterocycles. The lowest BCUT2D eigenvalue weighted by Crippen LogP contribution is -2.46. The van der Waals surface area contributed by atoms with Gasteiger partial charge in [-0.2, -0.15) is 5.10 Å². The van der Waals surface area contributed by atoms with E-state index in [1.54, 1.807) is 23.2 Å². The van der Waals surface area contributed by atoms with Crippen molar-refractivity contribution >= 4 is 5.91 Å². The average molecular weight is 355 g/mol. The second-order valence-corrected chi connectivity index (χ2v) is 6.80. The molecule has 1 amide bonds. The van der Waals surface area contributed by atoms with Gasteiger partial charge in [-0.05, 0) is 42.5 Å². The summed E-state index contributed by atoms with van der Waals surface area (Å²) in [7, 11) is 0. The minimum atomic E-state index is -0.0604. The maximum atomic E-state index is 12.5. The summed E-state index contributed by atoms with van der Waals surface area (Å²) >= 11 is 0. The van der Waals surface area contributed by atoms with E-state index in [4.69, 9.17) is 9.47 Å². The summed E-state index contributed by atoms with van der Waals surface area (Å²) in [5.41, 5.74) is 1.25. The molecule has 0 N–H and O–H groups in total. The predicted molar refractivity (Wildman–Crippen MR) is 98.3 cm³/mol. The summed E-state index contributed by atoms with van der Waals surface area (Å²) in [6.07, 6.45) is 3.35. The zero-order valence-corrected chi connectivity index (χ0v) is 15.3. The van der Waals surface area contributed by atoms with E-state index in [1.165, 1.54) is 5.56 Å². The third kappa shape index (κ3) is 4.94. The maximum Gasteiger partial charge on any atom is 0.260 e. The van der Waals surface area contributed by atoms with E-state index in [0.717, 1.165) is 19.4 Å². The number of benzene rings is 1. The summed E-state index contributed by atoms with van der Waals surface area (Å²) in [5.74, 6) is 1.66. The molecule has 0 spiro atoms. The number of amides is 1. The molecule has 1 unspecified atom stereocenters. The second-order valence-electron chi connectivity index (χ2n) is 6.80. The Balaban J connectivity index is 1.49. The molecule has 138 valence electrons. The smallest absolute Gasteiger partial charge is 0.260 e. The van der Waals surface area contributed by atoms with Crippen LogP contribution in [0.2, 0.25) is 0 Å². The summed E-state index contributed by atoms with van der Waals surface area (Å²) in [6, 6.07) is 11.5. The molecule has 3 rings (SSSR count). The van der Waals surface area contributed by atoms with Gasteiger partial charge in [-0.15, -0.1) is 5.10 Å². The van der Waals surface area contributed by atoms with E-state index in [2.05, 4.69) is 24.0 Å². The highest BCUT2D eigenvalue weighted by Gasteiger charge is 2.25. The van der Waals surface area contributed by atoms with Crippen LogP contribution in [0.5, 0.6) is 11.6 Å². The zero-order chi connectivity index (χ0) is 18.4. The van der Waals surface area contributed by atoms with E-state index in [1.807, 2.05) is 24.3 Å². The third-order valence-corrected chi connectivity index (χ3v) is 4.48. The van der Waals surface area contributed by atoms with Gasteiger partial charge in [0.05, 0.1) is 6.54 Å². The molecule has 6 nitrogen and oxygen atoms in total. The lowest BCUT2D eigenvalue weighted by atomic mass is 10.0. The first kappa shape index (κ1) is 18.2. The Morgan fingerprint density at radius 3 is 2.77 bits per heavy atom. The normalized spacial score (nSPS) is 17.2. The van der Waals surface area contributed by atoms with Crippen molar-refractivity contribution in [2.45, 2.75) is 38.7 Å². The minimum Gasteiger partial charge on any atom is -0.484 e. The first-order chi connectivity index (χ1) is 12.6. The molecule has 2 aromatic rings. The van der Waals surface area contributed by atoms with Gasteiger partial charge in [0.2, 0.25) is 5.88 Å². The standard InChI is InChI=1S/C20H25N3O3/c1-15(2)16-7-9-17(10-8-16)25-14-20(24)23-12-4-5-18(13-23)26-19-6-3-11-21-22-19/h3,6-11,15,18H,4-5,12-14H2,1-2H3. The van der Waals surface area contributed by atoms with Crippen LogP contribution in [0.1, 0.15) is 38.2 Å². The molecular formula is C20H25N3O3. The van der Waals surface area contributed by atoms with Crippen LogP contribution in [-0.2, 0) is 4.79 Å². The van der Waals surface area contributed by atoms with Crippen molar-refractivity contribution in [1.82, 2.24) is 15.1 Å². The van der Waals surface area contributed by atoms with Crippen LogP contribution in [0.25, 0.3) is 0 Å². The molecule has 0 bridgehead atoms. The van der Waals surface area contributed by atoms with Crippen molar-refractivity contribution in [3.05, 3.63) is 48.2 Å². The van der Waals surface area contributed by atoms with Crippen LogP contribution in [-0.4, -0.2) is 46.8 Å². The number of piperidine rings is 1. The van der Waals surface area contributed by atoms with E-state index >= 15 is 0 Å². The van der Waals surface area contributed by atoms with Gasteiger partial charge in [0.1, 0.15) is 11.9 Å². The highest BCUT2D eigenvalue weighted by atomic mass is 16.5. The lowest BCUT2D eigenvalue weighted by Gasteiger charge is -2.32. The van der Waals surface area contributed by atoms with Crippen molar-refractivity contribution in [3.8, 4) is 11.6 Å². The van der Waals surface area contributed by atoms with Crippen molar-refractivity contribution in [2.75, 3.05) is 19.7 Å². The van der Waals surface area contributed by atoms with Crippen molar-refractivity contribution in [1.29, 1.82) is 0 Å². The maximum absolute atomic E-state index is 12.5. The molecule has 26 heavy (non-hydrogen) atoms. The average Bonchev–Trinajstić information content (AvgIpc) is 2.67. The molecule has 6 heteroatoms. The number of hydrogen-bond acceptors (Lipinski definition) is 5. The van der Waals surface area contributed by atoms with Crippen LogP contribution >= 0.6 is 0 Å². The predicted octanol–water partition coefficient (Wildman–Crippen LogP) is 3.05. The number of rotatable bonds is 6. The fourth-order valence-electron chi connectivity index (χ4n) is 2.97. The second kappa shape index (κ2) is 8.65. The highest BCUT2D eigenvalue weighted by molar-refractivity contribution is 5.77. The zero-order valence-electron chi connectivity index (χ0n) is 15.3. The Morgan fingerprint density at radius 2 is 2.08 bits per heavy atom. The number of hydrogen-bond donors (Lipinski definition) is 0. The number of carbonyl (C=O) groups is 1. The summed E-state index contributed by atoms with van der Waals surface area (Å²) in [5, 5.41) is 7.75. The fraction of sp³-hybridized carbons (Fsp3) is 0.450. The molecule has 1 atom stereocenters. The topological polar surface area (TPSA) is 64.5 Å². The Morgan fingerprint density at radius 1 is 1.27 bits per heavy atom. The molecule has 1 saturated heterocycles. The van der Waals surface area contributed by atoms with Crippen LogP contribution < -0.4 is 9.47 Å². The van der Waals surface area contributed by atoms with Gasteiger partial charge in [-0.3, -0.25) is 4.79 Å². The molecule has 1 fully saturated rings. The molecular weight excluding hydrogens is 330 g/mol. The Labute approximate surface area is 154 Å². The van der Waals surface area contributed by atoms with Crippen LogP contribution in [0, 0.1) is 0 Å². The number of ether oxygens (including phenoxy) is 2. The molecule has 0 aliphatic carbocycles. The number of likely N-dealkylation sites (tertiary alicyclic amines) is 1. The summed E-state index contributed by atoms with van der Waals surface area (Å²) in [6.45, 7) is 5.61. The molecule has 1 aromatic heterocycles. The van der Waals surface area contributed by atoms with Gasteiger partial charge in [0.15, 0.2) is 6.61 Å². The van der Waals surface area contributed by atoms with Crippen molar-refractivity contribution in [3.63, 3.8) is 0 Å².